The lowest BCUT2D eigenvalue weighted by atomic mass is 10.0. The first-order chi connectivity index (χ1) is 10.8. The van der Waals surface area contributed by atoms with Crippen molar-refractivity contribution >= 4 is 29.9 Å². The molecule has 1 saturated heterocycles. The Morgan fingerprint density at radius 3 is 2.52 bits per heavy atom. The van der Waals surface area contributed by atoms with Gasteiger partial charge in [-0.1, -0.05) is 45.4 Å². The summed E-state index contributed by atoms with van der Waals surface area (Å²) in [7, 11) is 1.88. The summed E-state index contributed by atoms with van der Waals surface area (Å²) in [5.41, 5.74) is 0. The second-order valence-corrected chi connectivity index (χ2v) is 7.07. The standard InChI is InChI=1S/C18H36N4.HI/c1-3-22-13-11-17(15-22)14-21-18(19-2)20-12-7-6-10-16-8-4-5-9-16;/h16-17H,3-15H2,1-2H3,(H2,19,20,21);1H. The summed E-state index contributed by atoms with van der Waals surface area (Å²) in [6, 6.07) is 0. The number of aliphatic imine (C=N–C) groups is 1. The van der Waals surface area contributed by atoms with Gasteiger partial charge in [-0.2, -0.15) is 0 Å². The molecule has 0 amide bonds. The third kappa shape index (κ3) is 8.05. The minimum atomic E-state index is 0. The van der Waals surface area contributed by atoms with Crippen molar-refractivity contribution in [3.8, 4) is 0 Å². The fraction of sp³-hybridized carbons (Fsp3) is 0.944. The monoisotopic (exact) mass is 436 g/mol. The van der Waals surface area contributed by atoms with Crippen LogP contribution in [0.5, 0.6) is 0 Å². The van der Waals surface area contributed by atoms with E-state index >= 15 is 0 Å². The van der Waals surface area contributed by atoms with E-state index in [1.807, 2.05) is 7.05 Å². The van der Waals surface area contributed by atoms with Crippen LogP contribution in [0.1, 0.15) is 58.3 Å². The molecule has 0 aromatic carbocycles. The molecule has 0 radical (unpaired) electrons. The SMILES string of the molecule is CCN1CCC(CNC(=NC)NCCCCC2CCCC2)C1.I. The van der Waals surface area contributed by atoms with Crippen LogP contribution in [0.4, 0.5) is 0 Å². The molecule has 23 heavy (non-hydrogen) atoms. The van der Waals surface area contributed by atoms with Crippen molar-refractivity contribution in [2.24, 2.45) is 16.8 Å². The fourth-order valence-corrected chi connectivity index (χ4v) is 3.89. The molecule has 136 valence electrons. The first-order valence-electron chi connectivity index (χ1n) is 9.48. The van der Waals surface area contributed by atoms with Crippen molar-refractivity contribution in [3.05, 3.63) is 0 Å². The minimum Gasteiger partial charge on any atom is -0.356 e. The van der Waals surface area contributed by atoms with Gasteiger partial charge in [-0.25, -0.2) is 0 Å². The number of halogens is 1. The highest BCUT2D eigenvalue weighted by atomic mass is 127. The third-order valence-corrected chi connectivity index (χ3v) is 5.41. The van der Waals surface area contributed by atoms with Crippen LogP contribution in [-0.4, -0.2) is 50.6 Å². The molecule has 0 bridgehead atoms. The number of likely N-dealkylation sites (tertiary alicyclic amines) is 1. The number of rotatable bonds is 8. The predicted molar refractivity (Wildman–Crippen MR) is 111 cm³/mol. The Kier molecular flexibility index (Phi) is 11.3. The summed E-state index contributed by atoms with van der Waals surface area (Å²) < 4.78 is 0. The van der Waals surface area contributed by atoms with E-state index < -0.39 is 0 Å². The molecule has 2 fully saturated rings. The Morgan fingerprint density at radius 2 is 1.87 bits per heavy atom. The zero-order valence-corrected chi connectivity index (χ0v) is 17.5. The van der Waals surface area contributed by atoms with Gasteiger partial charge in [0.25, 0.3) is 0 Å². The summed E-state index contributed by atoms with van der Waals surface area (Å²) in [5.74, 6) is 2.79. The van der Waals surface area contributed by atoms with Gasteiger partial charge in [-0.15, -0.1) is 24.0 Å². The van der Waals surface area contributed by atoms with Crippen molar-refractivity contribution in [2.75, 3.05) is 39.8 Å². The van der Waals surface area contributed by atoms with Gasteiger partial charge in [-0.3, -0.25) is 4.99 Å². The Hall–Kier alpha value is -0.0400. The van der Waals surface area contributed by atoms with Crippen LogP contribution in [-0.2, 0) is 0 Å². The van der Waals surface area contributed by atoms with Crippen LogP contribution in [0.2, 0.25) is 0 Å². The lowest BCUT2D eigenvalue weighted by Crippen LogP contribution is -2.40. The molecular formula is C18H37IN4. The maximum absolute atomic E-state index is 4.34. The highest BCUT2D eigenvalue weighted by Gasteiger charge is 2.20. The second kappa shape index (κ2) is 12.3. The topological polar surface area (TPSA) is 39.7 Å². The van der Waals surface area contributed by atoms with Gasteiger partial charge in [0.1, 0.15) is 0 Å². The molecule has 5 heteroatoms. The van der Waals surface area contributed by atoms with E-state index in [0.29, 0.717) is 0 Å². The number of hydrogen-bond donors (Lipinski definition) is 2. The molecule has 1 aliphatic heterocycles. The van der Waals surface area contributed by atoms with Crippen molar-refractivity contribution in [1.29, 1.82) is 0 Å². The van der Waals surface area contributed by atoms with Crippen LogP contribution >= 0.6 is 24.0 Å². The average Bonchev–Trinajstić information content (AvgIpc) is 3.21. The maximum atomic E-state index is 4.34. The van der Waals surface area contributed by atoms with Crippen LogP contribution in [0.15, 0.2) is 4.99 Å². The van der Waals surface area contributed by atoms with E-state index in [4.69, 9.17) is 0 Å². The van der Waals surface area contributed by atoms with Gasteiger partial charge in [0.05, 0.1) is 0 Å². The summed E-state index contributed by atoms with van der Waals surface area (Å²) in [6.45, 7) is 8.04. The molecule has 2 N–H and O–H groups in total. The number of hydrogen-bond acceptors (Lipinski definition) is 2. The number of guanidine groups is 1. The van der Waals surface area contributed by atoms with E-state index in [9.17, 15) is 0 Å². The average molecular weight is 436 g/mol. The molecule has 1 aliphatic carbocycles. The molecule has 4 nitrogen and oxygen atoms in total. The Morgan fingerprint density at radius 1 is 1.09 bits per heavy atom. The third-order valence-electron chi connectivity index (χ3n) is 5.41. The lowest BCUT2D eigenvalue weighted by molar-refractivity contribution is 0.342. The molecular weight excluding hydrogens is 399 g/mol. The predicted octanol–water partition coefficient (Wildman–Crippen LogP) is 3.47. The molecule has 1 saturated carbocycles. The molecule has 1 atom stereocenters. The lowest BCUT2D eigenvalue weighted by Gasteiger charge is -2.16. The highest BCUT2D eigenvalue weighted by Crippen LogP contribution is 2.28. The maximum Gasteiger partial charge on any atom is 0.190 e. The van der Waals surface area contributed by atoms with E-state index in [-0.39, 0.29) is 24.0 Å². The second-order valence-electron chi connectivity index (χ2n) is 7.07. The van der Waals surface area contributed by atoms with E-state index in [0.717, 1.165) is 30.9 Å². The van der Waals surface area contributed by atoms with E-state index in [1.165, 1.54) is 71.0 Å². The summed E-state index contributed by atoms with van der Waals surface area (Å²) in [6.07, 6.45) is 11.3. The molecule has 2 rings (SSSR count). The minimum absolute atomic E-state index is 0. The quantitative estimate of drug-likeness (QED) is 0.265. The first-order valence-corrected chi connectivity index (χ1v) is 9.48. The normalized spacial score (nSPS) is 23.0. The van der Waals surface area contributed by atoms with Crippen LogP contribution in [0.25, 0.3) is 0 Å². The number of nitrogens with one attached hydrogen (secondary N) is 2. The molecule has 1 heterocycles. The van der Waals surface area contributed by atoms with Crippen molar-refractivity contribution in [2.45, 2.75) is 58.3 Å². The van der Waals surface area contributed by atoms with Crippen LogP contribution < -0.4 is 10.6 Å². The summed E-state index contributed by atoms with van der Waals surface area (Å²) >= 11 is 0. The fourth-order valence-electron chi connectivity index (χ4n) is 3.89. The largest absolute Gasteiger partial charge is 0.356 e. The molecule has 0 spiro atoms. The molecule has 1 unspecified atom stereocenters. The van der Waals surface area contributed by atoms with Gasteiger partial charge < -0.3 is 15.5 Å². The Balaban J connectivity index is 0.00000264. The Bertz CT molecular complexity index is 329. The zero-order valence-electron chi connectivity index (χ0n) is 15.1. The highest BCUT2D eigenvalue weighted by molar-refractivity contribution is 14.0. The molecule has 0 aromatic heterocycles. The number of nitrogens with zero attached hydrogens (tertiary/aromatic N) is 2. The van der Waals surface area contributed by atoms with Crippen molar-refractivity contribution in [1.82, 2.24) is 15.5 Å². The van der Waals surface area contributed by atoms with Crippen molar-refractivity contribution in [3.63, 3.8) is 0 Å². The van der Waals surface area contributed by atoms with Gasteiger partial charge in [-0.05, 0) is 37.8 Å². The molecule has 0 aromatic rings. The smallest absolute Gasteiger partial charge is 0.190 e. The van der Waals surface area contributed by atoms with Gasteiger partial charge in [0.2, 0.25) is 0 Å². The van der Waals surface area contributed by atoms with E-state index in [2.05, 4.69) is 27.4 Å². The zero-order chi connectivity index (χ0) is 15.6. The number of unbranched alkanes of at least 4 members (excludes halogenated alkanes) is 1. The van der Waals surface area contributed by atoms with Crippen molar-refractivity contribution < 1.29 is 0 Å². The Labute approximate surface area is 160 Å². The van der Waals surface area contributed by atoms with Gasteiger partial charge in [0.15, 0.2) is 5.96 Å². The van der Waals surface area contributed by atoms with Gasteiger partial charge in [0, 0.05) is 26.7 Å². The van der Waals surface area contributed by atoms with Crippen LogP contribution in [0, 0.1) is 11.8 Å². The van der Waals surface area contributed by atoms with Crippen LogP contribution in [0.3, 0.4) is 0 Å². The van der Waals surface area contributed by atoms with E-state index in [1.54, 1.807) is 0 Å². The summed E-state index contributed by atoms with van der Waals surface area (Å²) in [5, 5.41) is 6.97. The summed E-state index contributed by atoms with van der Waals surface area (Å²) in [4.78, 5) is 6.88. The molecule has 2 aliphatic rings. The first kappa shape index (κ1) is 21.0. The van der Waals surface area contributed by atoms with Gasteiger partial charge >= 0.3 is 0 Å².